The molecule has 0 radical (unpaired) electrons. The predicted molar refractivity (Wildman–Crippen MR) is 84.5 cm³/mol. The Balaban J connectivity index is 2.42. The summed E-state index contributed by atoms with van der Waals surface area (Å²) in [4.78, 5) is 11.8. The van der Waals surface area contributed by atoms with Crippen LogP contribution in [0.25, 0.3) is 0 Å². The van der Waals surface area contributed by atoms with Crippen LogP contribution in [0.4, 0.5) is 0 Å². The Labute approximate surface area is 127 Å². The van der Waals surface area contributed by atoms with Crippen LogP contribution in [-0.2, 0) is 4.79 Å². The summed E-state index contributed by atoms with van der Waals surface area (Å²) in [5.41, 5.74) is 1.21. The second kappa shape index (κ2) is 7.46. The Hall–Kier alpha value is -1.55. The number of hydrogen-bond acceptors (Lipinski definition) is 3. The zero-order valence-corrected chi connectivity index (χ0v) is 13.7. The van der Waals surface area contributed by atoms with Crippen molar-refractivity contribution in [2.24, 2.45) is 5.92 Å². The molecular weight excluding hydrogens is 266 g/mol. The van der Waals surface area contributed by atoms with E-state index in [4.69, 9.17) is 4.74 Å². The minimum Gasteiger partial charge on any atom is -0.483 e. The van der Waals surface area contributed by atoms with Crippen molar-refractivity contribution in [2.45, 2.75) is 46.6 Å². The Bertz CT molecular complexity index is 481. The molecule has 0 saturated carbocycles. The molecule has 0 heterocycles. The van der Waals surface area contributed by atoms with Crippen LogP contribution in [-0.4, -0.2) is 29.8 Å². The molecule has 1 amide bonds. The topological polar surface area (TPSA) is 58.6 Å². The van der Waals surface area contributed by atoms with Crippen LogP contribution >= 0.6 is 0 Å². The maximum atomic E-state index is 11.8. The molecule has 0 saturated heterocycles. The molecular formula is C17H27NO3. The van der Waals surface area contributed by atoms with E-state index in [1.807, 2.05) is 45.9 Å². The highest BCUT2D eigenvalue weighted by atomic mass is 16.5. The van der Waals surface area contributed by atoms with Crippen molar-refractivity contribution >= 4 is 5.91 Å². The van der Waals surface area contributed by atoms with Gasteiger partial charge in [-0.05, 0) is 50.3 Å². The Morgan fingerprint density at radius 1 is 1.38 bits per heavy atom. The van der Waals surface area contributed by atoms with Gasteiger partial charge in [-0.25, -0.2) is 0 Å². The molecule has 1 atom stereocenters. The van der Waals surface area contributed by atoms with Crippen molar-refractivity contribution in [3.63, 3.8) is 0 Å². The monoisotopic (exact) mass is 293 g/mol. The number of ether oxygens (including phenoxy) is 1. The van der Waals surface area contributed by atoms with Crippen molar-refractivity contribution in [3.8, 4) is 5.75 Å². The summed E-state index contributed by atoms with van der Waals surface area (Å²) in [6.45, 7) is 9.94. The fourth-order valence-electron chi connectivity index (χ4n) is 2.30. The van der Waals surface area contributed by atoms with Crippen LogP contribution in [0.15, 0.2) is 18.2 Å². The van der Waals surface area contributed by atoms with Gasteiger partial charge in [-0.3, -0.25) is 4.79 Å². The van der Waals surface area contributed by atoms with E-state index in [0.29, 0.717) is 12.3 Å². The number of carbonyl (C=O) groups is 1. The molecule has 0 bridgehead atoms. The molecule has 21 heavy (non-hydrogen) atoms. The van der Waals surface area contributed by atoms with Gasteiger partial charge in [-0.2, -0.15) is 0 Å². The number of carbonyl (C=O) groups excluding carboxylic acids is 1. The van der Waals surface area contributed by atoms with Gasteiger partial charge < -0.3 is 15.2 Å². The Morgan fingerprint density at radius 2 is 2.05 bits per heavy atom. The second-order valence-corrected chi connectivity index (χ2v) is 6.43. The van der Waals surface area contributed by atoms with E-state index in [2.05, 4.69) is 5.32 Å². The molecule has 1 rings (SSSR count). The molecule has 1 aromatic carbocycles. The first-order valence-electron chi connectivity index (χ1n) is 7.39. The molecule has 0 aliphatic rings. The molecule has 118 valence electrons. The van der Waals surface area contributed by atoms with Crippen LogP contribution in [0.1, 0.15) is 38.3 Å². The van der Waals surface area contributed by atoms with Crippen LogP contribution in [0.5, 0.6) is 5.75 Å². The van der Waals surface area contributed by atoms with E-state index in [1.54, 1.807) is 6.92 Å². The number of rotatable bonds is 7. The SMILES string of the molecule is Cc1ccc(C)c(OCC(=O)NCC(C)(O)CC(C)C)c1. The van der Waals surface area contributed by atoms with Crippen molar-refractivity contribution in [3.05, 3.63) is 29.3 Å². The number of aliphatic hydroxyl groups is 1. The average Bonchev–Trinajstić information content (AvgIpc) is 2.36. The highest BCUT2D eigenvalue weighted by molar-refractivity contribution is 5.77. The summed E-state index contributed by atoms with van der Waals surface area (Å²) in [7, 11) is 0. The zero-order valence-electron chi connectivity index (χ0n) is 13.7. The van der Waals surface area contributed by atoms with Crippen LogP contribution in [0.2, 0.25) is 0 Å². The lowest BCUT2D eigenvalue weighted by molar-refractivity contribution is -0.124. The van der Waals surface area contributed by atoms with Crippen molar-refractivity contribution in [1.82, 2.24) is 5.32 Å². The van der Waals surface area contributed by atoms with Crippen molar-refractivity contribution in [1.29, 1.82) is 0 Å². The molecule has 1 unspecified atom stereocenters. The molecule has 0 fully saturated rings. The van der Waals surface area contributed by atoms with Crippen LogP contribution in [0, 0.1) is 19.8 Å². The van der Waals surface area contributed by atoms with E-state index in [-0.39, 0.29) is 19.1 Å². The first-order chi connectivity index (χ1) is 9.69. The van der Waals surface area contributed by atoms with Gasteiger partial charge in [-0.1, -0.05) is 26.0 Å². The first-order valence-corrected chi connectivity index (χ1v) is 7.39. The maximum absolute atomic E-state index is 11.8. The quantitative estimate of drug-likeness (QED) is 0.812. The summed E-state index contributed by atoms with van der Waals surface area (Å²) in [5, 5.41) is 12.9. The van der Waals surface area contributed by atoms with Gasteiger partial charge in [0.25, 0.3) is 5.91 Å². The fraction of sp³-hybridized carbons (Fsp3) is 0.588. The number of amides is 1. The smallest absolute Gasteiger partial charge is 0.258 e. The lowest BCUT2D eigenvalue weighted by Gasteiger charge is -2.25. The van der Waals surface area contributed by atoms with Gasteiger partial charge in [-0.15, -0.1) is 0 Å². The number of aryl methyl sites for hydroxylation is 2. The summed E-state index contributed by atoms with van der Waals surface area (Å²) >= 11 is 0. The second-order valence-electron chi connectivity index (χ2n) is 6.43. The minimum atomic E-state index is -0.886. The first kappa shape index (κ1) is 17.5. The van der Waals surface area contributed by atoms with Gasteiger partial charge in [0.15, 0.2) is 6.61 Å². The lowest BCUT2D eigenvalue weighted by atomic mass is 9.94. The molecule has 0 aliphatic carbocycles. The zero-order chi connectivity index (χ0) is 16.0. The highest BCUT2D eigenvalue weighted by Crippen LogP contribution is 2.19. The lowest BCUT2D eigenvalue weighted by Crippen LogP contribution is -2.43. The number of hydrogen-bond donors (Lipinski definition) is 2. The van der Waals surface area contributed by atoms with Gasteiger partial charge in [0, 0.05) is 6.54 Å². The average molecular weight is 293 g/mol. The van der Waals surface area contributed by atoms with Gasteiger partial charge >= 0.3 is 0 Å². The highest BCUT2D eigenvalue weighted by Gasteiger charge is 2.22. The molecule has 4 nitrogen and oxygen atoms in total. The number of benzene rings is 1. The summed E-state index contributed by atoms with van der Waals surface area (Å²) < 4.78 is 5.53. The van der Waals surface area contributed by atoms with E-state index in [1.165, 1.54) is 0 Å². The van der Waals surface area contributed by atoms with E-state index >= 15 is 0 Å². The van der Waals surface area contributed by atoms with E-state index in [0.717, 1.165) is 16.9 Å². The Morgan fingerprint density at radius 3 is 2.67 bits per heavy atom. The van der Waals surface area contributed by atoms with Crippen LogP contribution in [0.3, 0.4) is 0 Å². The standard InChI is InChI=1S/C17H27NO3/c1-12(2)9-17(5,20)11-18-16(19)10-21-15-8-13(3)6-7-14(15)4/h6-8,12,20H,9-11H2,1-5H3,(H,18,19). The molecule has 0 aliphatic heterocycles. The van der Waals surface area contributed by atoms with Crippen molar-refractivity contribution < 1.29 is 14.6 Å². The minimum absolute atomic E-state index is 0.0396. The summed E-state index contributed by atoms with van der Waals surface area (Å²) in [6.07, 6.45) is 0.644. The fourth-order valence-corrected chi connectivity index (χ4v) is 2.30. The molecule has 0 aromatic heterocycles. The van der Waals surface area contributed by atoms with Crippen molar-refractivity contribution in [2.75, 3.05) is 13.2 Å². The third-order valence-electron chi connectivity index (χ3n) is 3.22. The maximum Gasteiger partial charge on any atom is 0.258 e. The molecule has 4 heteroatoms. The summed E-state index contributed by atoms with van der Waals surface area (Å²) in [6, 6.07) is 5.89. The number of nitrogens with one attached hydrogen (secondary N) is 1. The van der Waals surface area contributed by atoms with E-state index in [9.17, 15) is 9.90 Å². The third kappa shape index (κ3) is 6.63. The summed E-state index contributed by atoms with van der Waals surface area (Å²) in [5.74, 6) is 0.877. The third-order valence-corrected chi connectivity index (χ3v) is 3.22. The molecule has 0 spiro atoms. The van der Waals surface area contributed by atoms with Crippen LogP contribution < -0.4 is 10.1 Å². The van der Waals surface area contributed by atoms with E-state index < -0.39 is 5.60 Å². The molecule has 2 N–H and O–H groups in total. The largest absolute Gasteiger partial charge is 0.483 e. The van der Waals surface area contributed by atoms with Gasteiger partial charge in [0.1, 0.15) is 5.75 Å². The predicted octanol–water partition coefficient (Wildman–Crippen LogP) is 2.60. The van der Waals surface area contributed by atoms with Gasteiger partial charge in [0.2, 0.25) is 0 Å². The normalized spacial score (nSPS) is 13.9. The van der Waals surface area contributed by atoms with Gasteiger partial charge in [0.05, 0.1) is 5.60 Å². The molecule has 1 aromatic rings. The Kier molecular flexibility index (Phi) is 6.21.